The van der Waals surface area contributed by atoms with Gasteiger partial charge in [-0.25, -0.2) is 0 Å². The van der Waals surface area contributed by atoms with Gasteiger partial charge in [-0.2, -0.15) is 92.2 Å². The Hall–Kier alpha value is -0.318. The first-order valence-corrected chi connectivity index (χ1v) is 55.9. The summed E-state index contributed by atoms with van der Waals surface area (Å²) < 4.78 is 437. The van der Waals surface area contributed by atoms with Gasteiger partial charge in [-0.3, -0.25) is 0 Å². The van der Waals surface area contributed by atoms with E-state index in [1.807, 2.05) is 0 Å². The smallest absolute Gasteiger partial charge is 0.395 e. The van der Waals surface area contributed by atoms with Gasteiger partial charge in [0.15, 0.2) is 47.5 Å². The van der Waals surface area contributed by atoms with Gasteiger partial charge in [-0.15, -0.1) is 0 Å². The second-order valence-electron chi connectivity index (χ2n) is 38.1. The summed E-state index contributed by atoms with van der Waals surface area (Å²) >= 11 is 0. The molecular formula is C62H85F21O20Si9. The molecule has 0 aromatic carbocycles. The first kappa shape index (κ1) is 81.4. The average Bonchev–Trinajstić information content (AvgIpc) is 1.29. The Morgan fingerprint density at radius 1 is 0.286 bits per heavy atom. The summed E-state index contributed by atoms with van der Waals surface area (Å²) in [5, 5.41) is 84.2. The van der Waals surface area contributed by atoms with E-state index >= 15 is 92.2 Å². The molecule has 6 aliphatic heterocycles. The highest BCUT2D eigenvalue weighted by atomic mass is 28.6. The van der Waals surface area contributed by atoms with E-state index in [-0.39, 0.29) is 6.42 Å². The van der Waals surface area contributed by atoms with Gasteiger partial charge >= 0.3 is 114 Å². The van der Waals surface area contributed by atoms with Crippen molar-refractivity contribution >= 4 is 79.0 Å². The Morgan fingerprint density at radius 2 is 0.429 bits per heavy atom. The lowest BCUT2D eigenvalue weighted by molar-refractivity contribution is -0.278. The third-order valence-corrected chi connectivity index (χ3v) is 76.9. The molecule has 50 heteroatoms. The van der Waals surface area contributed by atoms with Crippen molar-refractivity contribution in [3.05, 3.63) is 0 Å². The van der Waals surface area contributed by atoms with Crippen LogP contribution < -0.4 is 0 Å². The monoisotopic (exact) mass is 1800 g/mol. The molecule has 14 saturated carbocycles. The van der Waals surface area contributed by atoms with E-state index in [9.17, 15) is 35.7 Å². The molecule has 29 atom stereocenters. The number of aliphatic hydroxyl groups is 7. The molecule has 0 aromatic heterocycles. The molecule has 0 amide bonds. The lowest BCUT2D eigenvalue weighted by atomic mass is 9.83. The summed E-state index contributed by atoms with van der Waals surface area (Å²) in [7, 11) is -55.6. The van der Waals surface area contributed by atoms with Crippen molar-refractivity contribution in [2.45, 2.75) is 295 Å². The molecule has 6 heterocycles. The predicted molar refractivity (Wildman–Crippen MR) is 346 cm³/mol. The maximum atomic E-state index is 15.8. The molecule has 636 valence electrons. The molecule has 20 fully saturated rings. The van der Waals surface area contributed by atoms with E-state index in [0.29, 0.717) is 0 Å². The van der Waals surface area contributed by atoms with Crippen molar-refractivity contribution in [1.82, 2.24) is 0 Å². The van der Waals surface area contributed by atoms with Crippen LogP contribution in [0.4, 0.5) is 92.2 Å². The summed E-state index contributed by atoms with van der Waals surface area (Å²) in [4.78, 5) is 0. The van der Waals surface area contributed by atoms with E-state index < -0.39 is 423 Å². The van der Waals surface area contributed by atoms with Gasteiger partial charge in [0.25, 0.3) is 0 Å². The van der Waals surface area contributed by atoms with Gasteiger partial charge in [-0.05, 0) is 236 Å². The molecule has 0 radical (unpaired) electrons. The van der Waals surface area contributed by atoms with Crippen molar-refractivity contribution in [3.8, 4) is 0 Å². The predicted octanol–water partition coefficient (Wildman–Crippen LogP) is 12.9. The van der Waals surface area contributed by atoms with Gasteiger partial charge in [0.2, 0.25) is 0 Å². The van der Waals surface area contributed by atoms with E-state index in [1.54, 1.807) is 26.9 Å². The Labute approximate surface area is 635 Å². The highest BCUT2D eigenvalue weighted by Crippen LogP contribution is 2.79. The molecule has 112 heavy (non-hydrogen) atoms. The van der Waals surface area contributed by atoms with Crippen molar-refractivity contribution < 1.29 is 181 Å². The third-order valence-electron chi connectivity index (χ3n) is 32.8. The fourth-order valence-electron chi connectivity index (χ4n) is 27.0. The van der Waals surface area contributed by atoms with Crippen molar-refractivity contribution in [2.24, 2.45) is 82.9 Å². The number of fused-ring (bicyclic) bond motifs is 14. The fraction of sp³-hybridized carbons (Fsp3) is 1.00. The molecular weight excluding hydrogens is 1720 g/mol. The fourth-order valence-corrected chi connectivity index (χ4v) is 87.0. The zero-order chi connectivity index (χ0) is 81.0. The number of alkyl halides is 21. The molecule has 22 bridgehead atoms. The summed E-state index contributed by atoms with van der Waals surface area (Å²) in [6, 6.07) is 0. The molecule has 14 aliphatic carbocycles. The van der Waals surface area contributed by atoms with Crippen LogP contribution in [0.1, 0.15) is 155 Å². The first-order valence-electron chi connectivity index (χ1n) is 38.7. The average molecular weight is 1800 g/mol. The van der Waals surface area contributed by atoms with Crippen LogP contribution in [0.25, 0.3) is 0 Å². The molecule has 7 N–H and O–H groups in total. The van der Waals surface area contributed by atoms with Crippen LogP contribution in [0.15, 0.2) is 0 Å². The SMILES string of the molecule is CCC(C)[Si](C)(C)O[Si]12O[Si]3(C4CC5CC4CC5(O)C(F)(F)F)O[Si]4(C5CC6CC5CC6(O)C(F)(F)F)O[Si](C5CC6CC5CC6(O)C(F)(F)F)(O1)O[Si]1(C5CC6CC5CC6(O)C(F)(F)F)O[Si](C5CC6CC5CC6(O)C(F)(F)F)(O2)O[Si](C2CC5CC2CC5(O)C(F)(F)F)(O3)O[Si](C2CC3CC2CC3(O)C(F)(F)F)(O4)O1. The number of rotatable bonds is 11. The quantitative estimate of drug-likeness (QED) is 0.0749. The highest BCUT2D eigenvalue weighted by molar-refractivity contribution is 7.05. The van der Waals surface area contributed by atoms with Crippen LogP contribution in [0.5, 0.6) is 0 Å². The van der Waals surface area contributed by atoms with Crippen LogP contribution in [-0.2, 0) is 53.5 Å². The van der Waals surface area contributed by atoms with Crippen molar-refractivity contribution in [2.75, 3.05) is 0 Å². The van der Waals surface area contributed by atoms with Gasteiger partial charge < -0.3 is 89.2 Å². The largest absolute Gasteiger partial charge is 0.646 e. The third kappa shape index (κ3) is 10.5. The van der Waals surface area contributed by atoms with E-state index in [2.05, 4.69) is 0 Å². The Balaban J connectivity index is 0.941. The Bertz CT molecular complexity index is 3540. The minimum atomic E-state index is -6.53. The second kappa shape index (κ2) is 23.4. The van der Waals surface area contributed by atoms with Gasteiger partial charge in [0.1, 0.15) is 0 Å². The molecule has 0 spiro atoms. The van der Waals surface area contributed by atoms with Gasteiger partial charge in [0.05, 0.1) is 0 Å². The number of hydrogen-bond acceptors (Lipinski definition) is 20. The number of halogens is 21. The standard InChI is InChI=1S/C62H85F21O20Si9/c1-5-27(2)104(3,4)91-112-101-109(46-17-39-10-32(46)24-53(39,88)60(75,76)77)95-106(43-14-36-7-29(43)21-50(36,85)57(66,67)68)92-105(42-13-35-6-28(42)20-49(35,84)56(63,64)65)93-107(97-109,44-15-37-8-30(44)22-51(37,86)58(69,70)71)99-111(103-112,48-19-41-12-34(48)26-55(41,90)62(81,82)83)100-108(94-105,45-16-38-9-31(45)23-52(38,87)59(72,73)74)98-110(96-106,102-112)47-18-40-11-33(47)25-54(40,89)61(78,79)80/h27-48,84-90H,5-26H2,1-4H3. The van der Waals surface area contributed by atoms with Crippen LogP contribution >= 0.6 is 0 Å². The minimum Gasteiger partial charge on any atom is -0.395 e. The summed E-state index contributed by atoms with van der Waals surface area (Å²) in [6.07, 6.45) is -58.1. The molecule has 29 unspecified atom stereocenters. The lowest BCUT2D eigenvalue weighted by Crippen LogP contribution is -2.92. The Kier molecular flexibility index (Phi) is 17.0. The highest BCUT2D eigenvalue weighted by Gasteiger charge is 2.95. The molecule has 0 aromatic rings. The van der Waals surface area contributed by atoms with Crippen LogP contribution in [0.3, 0.4) is 0 Å². The van der Waals surface area contributed by atoms with E-state index in [4.69, 9.17) is 53.5 Å². The molecule has 6 saturated heterocycles. The summed E-state index contributed by atoms with van der Waals surface area (Å²) in [6.45, 7) is 6.48. The van der Waals surface area contributed by atoms with Crippen molar-refractivity contribution in [1.29, 1.82) is 0 Å². The van der Waals surface area contributed by atoms with E-state index in [1.165, 1.54) is 0 Å². The summed E-state index contributed by atoms with van der Waals surface area (Å²) in [5.74, 6) is -25.0. The number of hydrogen-bond donors (Lipinski definition) is 7. The van der Waals surface area contributed by atoms with Crippen molar-refractivity contribution in [3.63, 3.8) is 0 Å². The van der Waals surface area contributed by atoms with Crippen LogP contribution in [0.2, 0.25) is 57.4 Å². The summed E-state index contributed by atoms with van der Waals surface area (Å²) in [5.41, 5.74) is -38.9. The maximum Gasteiger partial charge on any atom is 0.646 e. The zero-order valence-corrected chi connectivity index (χ0v) is 69.1. The lowest BCUT2D eigenvalue weighted by Gasteiger charge is -2.68. The molecule has 20 rings (SSSR count). The van der Waals surface area contributed by atoms with Gasteiger partial charge in [0, 0.05) is 38.8 Å². The Morgan fingerprint density at radius 3 is 0.545 bits per heavy atom. The maximum absolute atomic E-state index is 15.8. The normalized spacial score (nSPS) is 58.0. The minimum absolute atomic E-state index is 0.169. The molecule has 20 aliphatic rings. The second-order valence-corrected chi connectivity index (χ2v) is 67.5. The zero-order valence-electron chi connectivity index (χ0n) is 60.1. The van der Waals surface area contributed by atoms with Gasteiger partial charge in [-0.1, -0.05) is 20.3 Å². The first-order chi connectivity index (χ1) is 51.1. The van der Waals surface area contributed by atoms with E-state index in [0.717, 1.165) is 0 Å². The topological polar surface area (TPSA) is 262 Å². The molecule has 20 nitrogen and oxygen atoms in total. The van der Waals surface area contributed by atoms with Crippen LogP contribution in [0, 0.1) is 82.9 Å². The van der Waals surface area contributed by atoms with Crippen LogP contribution in [-0.4, -0.2) is 197 Å².